The fourth-order valence-corrected chi connectivity index (χ4v) is 2.91. The maximum atomic E-state index is 13.3. The van der Waals surface area contributed by atoms with Crippen LogP contribution in [0.5, 0.6) is 0 Å². The van der Waals surface area contributed by atoms with Gasteiger partial charge in [0.15, 0.2) is 0 Å². The number of unbranched alkanes of at least 4 members (excludes halogenated alkanes) is 3. The van der Waals surface area contributed by atoms with Crippen molar-refractivity contribution < 1.29 is 14.0 Å². The molecule has 5 heteroatoms. The number of Topliss-reactive ketones (excluding diaryl/α,β-unsaturated/α-hetero) is 1. The standard InChI is InChI=1S/C14H15BrFNO2/c1-2-3-4-5-6-17-12-10(13(18)14(17)19)7-9(16)8-11(12)15/h7-8H,2-6H2,1H3. The van der Waals surface area contributed by atoms with Gasteiger partial charge in [-0.05, 0) is 34.5 Å². The van der Waals surface area contributed by atoms with Crippen molar-refractivity contribution in [1.82, 2.24) is 0 Å². The van der Waals surface area contributed by atoms with Crippen molar-refractivity contribution in [2.75, 3.05) is 11.4 Å². The molecule has 0 spiro atoms. The summed E-state index contributed by atoms with van der Waals surface area (Å²) in [6.45, 7) is 2.61. The van der Waals surface area contributed by atoms with E-state index in [0.29, 0.717) is 16.7 Å². The van der Waals surface area contributed by atoms with E-state index in [2.05, 4.69) is 22.9 Å². The largest absolute Gasteiger partial charge is 0.304 e. The van der Waals surface area contributed by atoms with Crippen molar-refractivity contribution in [3.63, 3.8) is 0 Å². The molecule has 0 radical (unpaired) electrons. The Morgan fingerprint density at radius 2 is 1.95 bits per heavy atom. The van der Waals surface area contributed by atoms with Gasteiger partial charge in [-0.2, -0.15) is 0 Å². The Morgan fingerprint density at radius 3 is 2.63 bits per heavy atom. The number of hydrogen-bond donors (Lipinski definition) is 0. The third-order valence-corrected chi connectivity index (χ3v) is 3.82. The van der Waals surface area contributed by atoms with Crippen molar-refractivity contribution in [1.29, 1.82) is 0 Å². The molecule has 0 fully saturated rings. The molecule has 0 N–H and O–H groups in total. The second-order valence-corrected chi connectivity index (χ2v) is 5.48. The first-order valence-corrected chi connectivity index (χ1v) is 7.20. The fourth-order valence-electron chi connectivity index (χ4n) is 2.26. The number of anilines is 1. The molecule has 0 aliphatic carbocycles. The number of halogens is 2. The minimum absolute atomic E-state index is 0.160. The number of nitrogens with zero attached hydrogens (tertiary/aromatic N) is 1. The van der Waals surface area contributed by atoms with Crippen LogP contribution in [0, 0.1) is 5.82 Å². The second-order valence-electron chi connectivity index (χ2n) is 4.63. The first-order chi connectivity index (χ1) is 9.06. The molecule has 0 atom stereocenters. The zero-order valence-corrected chi connectivity index (χ0v) is 12.3. The first-order valence-electron chi connectivity index (χ1n) is 6.41. The van der Waals surface area contributed by atoms with Crippen LogP contribution in [0.15, 0.2) is 16.6 Å². The molecule has 1 heterocycles. The van der Waals surface area contributed by atoms with Crippen LogP contribution >= 0.6 is 15.9 Å². The highest BCUT2D eigenvalue weighted by molar-refractivity contribution is 9.10. The van der Waals surface area contributed by atoms with Crippen LogP contribution in [0.1, 0.15) is 43.0 Å². The number of ketones is 1. The summed E-state index contributed by atoms with van der Waals surface area (Å²) in [6, 6.07) is 2.41. The van der Waals surface area contributed by atoms with E-state index in [1.165, 1.54) is 11.0 Å². The van der Waals surface area contributed by atoms with Crippen molar-refractivity contribution in [2.24, 2.45) is 0 Å². The number of rotatable bonds is 5. The predicted octanol–water partition coefficient (Wildman–Crippen LogP) is 3.70. The third kappa shape index (κ3) is 2.71. The number of amides is 1. The zero-order chi connectivity index (χ0) is 14.0. The monoisotopic (exact) mass is 327 g/mol. The van der Waals surface area contributed by atoms with Crippen molar-refractivity contribution in [3.05, 3.63) is 28.0 Å². The molecule has 0 unspecified atom stereocenters. The molecular formula is C14H15BrFNO2. The molecular weight excluding hydrogens is 313 g/mol. The van der Waals surface area contributed by atoms with Gasteiger partial charge in [0.25, 0.3) is 11.7 Å². The van der Waals surface area contributed by atoms with Crippen LogP contribution in [-0.4, -0.2) is 18.2 Å². The Bertz CT molecular complexity index is 530. The Labute approximate surface area is 119 Å². The van der Waals surface area contributed by atoms with E-state index in [-0.39, 0.29) is 5.56 Å². The van der Waals surface area contributed by atoms with Gasteiger partial charge in [-0.1, -0.05) is 26.2 Å². The summed E-state index contributed by atoms with van der Waals surface area (Å²) in [6.07, 6.45) is 4.07. The molecule has 1 aliphatic rings. The van der Waals surface area contributed by atoms with Gasteiger partial charge in [-0.3, -0.25) is 9.59 Å². The summed E-state index contributed by atoms with van der Waals surface area (Å²) >= 11 is 3.23. The third-order valence-electron chi connectivity index (χ3n) is 3.22. The Balaban J connectivity index is 2.23. The molecule has 0 aromatic heterocycles. The molecule has 2 rings (SSSR count). The maximum absolute atomic E-state index is 13.3. The van der Waals surface area contributed by atoms with Gasteiger partial charge in [0.05, 0.1) is 11.3 Å². The lowest BCUT2D eigenvalue weighted by molar-refractivity contribution is -0.114. The topological polar surface area (TPSA) is 37.4 Å². The van der Waals surface area contributed by atoms with E-state index in [1.54, 1.807) is 0 Å². The van der Waals surface area contributed by atoms with Crippen molar-refractivity contribution in [3.8, 4) is 0 Å². The Hall–Kier alpha value is -1.23. The molecule has 0 saturated carbocycles. The van der Waals surface area contributed by atoms with Crippen molar-refractivity contribution in [2.45, 2.75) is 32.6 Å². The van der Waals surface area contributed by atoms with E-state index < -0.39 is 17.5 Å². The molecule has 1 amide bonds. The summed E-state index contributed by atoms with van der Waals surface area (Å²) < 4.78 is 13.7. The van der Waals surface area contributed by atoms with Gasteiger partial charge in [-0.15, -0.1) is 0 Å². The second kappa shape index (κ2) is 5.82. The molecule has 19 heavy (non-hydrogen) atoms. The number of hydrogen-bond acceptors (Lipinski definition) is 2. The van der Waals surface area contributed by atoms with Crippen LogP contribution in [0.4, 0.5) is 10.1 Å². The van der Waals surface area contributed by atoms with Gasteiger partial charge in [0, 0.05) is 11.0 Å². The molecule has 0 saturated heterocycles. The minimum atomic E-state index is -0.620. The van der Waals surface area contributed by atoms with E-state index >= 15 is 0 Å². The quantitative estimate of drug-likeness (QED) is 0.610. The number of benzene rings is 1. The molecule has 3 nitrogen and oxygen atoms in total. The highest BCUT2D eigenvalue weighted by Crippen LogP contribution is 2.37. The van der Waals surface area contributed by atoms with Crippen LogP contribution in [0.25, 0.3) is 0 Å². The van der Waals surface area contributed by atoms with E-state index in [4.69, 9.17) is 0 Å². The fraction of sp³-hybridized carbons (Fsp3) is 0.429. The van der Waals surface area contributed by atoms with Crippen LogP contribution in [-0.2, 0) is 4.79 Å². The van der Waals surface area contributed by atoms with Gasteiger partial charge in [-0.25, -0.2) is 4.39 Å². The van der Waals surface area contributed by atoms with Crippen molar-refractivity contribution >= 4 is 33.3 Å². The number of carbonyl (C=O) groups excluding carboxylic acids is 2. The summed E-state index contributed by atoms with van der Waals surface area (Å²) in [5.74, 6) is -1.69. The summed E-state index contributed by atoms with van der Waals surface area (Å²) in [5, 5.41) is 0. The minimum Gasteiger partial charge on any atom is -0.304 e. The lowest BCUT2D eigenvalue weighted by atomic mass is 10.1. The predicted molar refractivity (Wildman–Crippen MR) is 74.9 cm³/mol. The van der Waals surface area contributed by atoms with Crippen LogP contribution < -0.4 is 4.90 Å². The normalized spacial score (nSPS) is 14.2. The molecule has 1 aromatic carbocycles. The van der Waals surface area contributed by atoms with E-state index in [1.807, 2.05) is 0 Å². The average Bonchev–Trinajstić information content (AvgIpc) is 2.60. The summed E-state index contributed by atoms with van der Waals surface area (Å²) in [5.41, 5.74) is 0.667. The summed E-state index contributed by atoms with van der Waals surface area (Å²) in [7, 11) is 0. The van der Waals surface area contributed by atoms with E-state index in [9.17, 15) is 14.0 Å². The SMILES string of the molecule is CCCCCCN1C(=O)C(=O)c2cc(F)cc(Br)c21. The highest BCUT2D eigenvalue weighted by Gasteiger charge is 2.37. The Kier molecular flexibility index (Phi) is 4.34. The maximum Gasteiger partial charge on any atom is 0.299 e. The number of carbonyl (C=O) groups is 2. The van der Waals surface area contributed by atoms with Gasteiger partial charge in [0.2, 0.25) is 0 Å². The first kappa shape index (κ1) is 14.2. The lowest BCUT2D eigenvalue weighted by Gasteiger charge is -2.17. The Morgan fingerprint density at radius 1 is 1.21 bits per heavy atom. The lowest BCUT2D eigenvalue weighted by Crippen LogP contribution is -2.30. The van der Waals surface area contributed by atoms with Crippen LogP contribution in [0.3, 0.4) is 0 Å². The molecule has 102 valence electrons. The summed E-state index contributed by atoms with van der Waals surface area (Å²) in [4.78, 5) is 25.2. The van der Waals surface area contributed by atoms with Crippen LogP contribution in [0.2, 0.25) is 0 Å². The zero-order valence-electron chi connectivity index (χ0n) is 10.7. The van der Waals surface area contributed by atoms with Gasteiger partial charge >= 0.3 is 0 Å². The molecule has 0 bridgehead atoms. The molecule has 1 aromatic rings. The van der Waals surface area contributed by atoms with Gasteiger partial charge < -0.3 is 4.90 Å². The van der Waals surface area contributed by atoms with E-state index in [0.717, 1.165) is 31.7 Å². The smallest absolute Gasteiger partial charge is 0.299 e. The molecule has 1 aliphatic heterocycles. The average molecular weight is 328 g/mol. The number of fused-ring (bicyclic) bond motifs is 1. The van der Waals surface area contributed by atoms with Gasteiger partial charge in [0.1, 0.15) is 5.82 Å². The highest BCUT2D eigenvalue weighted by atomic mass is 79.9.